The SMILES string of the molecule is CCCC1CCCN(Cc2ccc(C(=N)N)cc2F)CC1. The van der Waals surface area contributed by atoms with Crippen molar-refractivity contribution >= 4 is 5.84 Å². The third kappa shape index (κ3) is 4.53. The first-order chi connectivity index (χ1) is 10.1. The van der Waals surface area contributed by atoms with Gasteiger partial charge in [0, 0.05) is 17.7 Å². The maximum Gasteiger partial charge on any atom is 0.128 e. The Morgan fingerprint density at radius 2 is 2.19 bits per heavy atom. The smallest absolute Gasteiger partial charge is 0.128 e. The highest BCUT2D eigenvalue weighted by atomic mass is 19.1. The Morgan fingerprint density at radius 1 is 1.38 bits per heavy atom. The average molecular weight is 291 g/mol. The van der Waals surface area contributed by atoms with Crippen molar-refractivity contribution < 1.29 is 4.39 Å². The molecule has 116 valence electrons. The van der Waals surface area contributed by atoms with Crippen molar-refractivity contribution in [2.45, 2.75) is 45.6 Å². The number of rotatable bonds is 5. The maximum atomic E-state index is 14.1. The number of hydrogen-bond donors (Lipinski definition) is 2. The minimum Gasteiger partial charge on any atom is -0.384 e. The normalized spacial score (nSPS) is 20.2. The molecule has 0 aromatic heterocycles. The molecule has 1 aliphatic heterocycles. The van der Waals surface area contributed by atoms with Crippen molar-refractivity contribution in [3.8, 4) is 0 Å². The largest absolute Gasteiger partial charge is 0.384 e. The van der Waals surface area contributed by atoms with Crippen molar-refractivity contribution in [1.82, 2.24) is 4.90 Å². The van der Waals surface area contributed by atoms with Crippen LogP contribution >= 0.6 is 0 Å². The average Bonchev–Trinajstić information content (AvgIpc) is 2.67. The highest BCUT2D eigenvalue weighted by Gasteiger charge is 2.17. The monoisotopic (exact) mass is 291 g/mol. The van der Waals surface area contributed by atoms with Gasteiger partial charge in [-0.3, -0.25) is 10.3 Å². The summed E-state index contributed by atoms with van der Waals surface area (Å²) >= 11 is 0. The van der Waals surface area contributed by atoms with Crippen molar-refractivity contribution in [1.29, 1.82) is 5.41 Å². The Kier molecular flexibility index (Phi) is 5.74. The van der Waals surface area contributed by atoms with Crippen LogP contribution in [-0.4, -0.2) is 23.8 Å². The Labute approximate surface area is 126 Å². The lowest BCUT2D eigenvalue weighted by Gasteiger charge is -2.20. The molecule has 1 saturated heterocycles. The summed E-state index contributed by atoms with van der Waals surface area (Å²) < 4.78 is 14.1. The molecule has 1 aromatic carbocycles. The third-order valence-corrected chi connectivity index (χ3v) is 4.40. The molecule has 1 fully saturated rings. The summed E-state index contributed by atoms with van der Waals surface area (Å²) in [6.45, 7) is 5.00. The Balaban J connectivity index is 1.97. The molecular weight excluding hydrogens is 265 g/mol. The third-order valence-electron chi connectivity index (χ3n) is 4.40. The van der Waals surface area contributed by atoms with Crippen molar-refractivity contribution in [2.24, 2.45) is 11.7 Å². The summed E-state index contributed by atoms with van der Waals surface area (Å²) in [5, 5.41) is 7.35. The van der Waals surface area contributed by atoms with E-state index in [0.717, 1.165) is 19.0 Å². The maximum absolute atomic E-state index is 14.1. The van der Waals surface area contributed by atoms with Crippen LogP contribution in [0.3, 0.4) is 0 Å². The van der Waals surface area contributed by atoms with Gasteiger partial charge in [-0.15, -0.1) is 0 Å². The fourth-order valence-corrected chi connectivity index (χ4v) is 3.16. The number of likely N-dealkylation sites (tertiary alicyclic amines) is 1. The first-order valence-electron chi connectivity index (χ1n) is 7.95. The summed E-state index contributed by atoms with van der Waals surface area (Å²) in [5.41, 5.74) is 6.54. The Bertz CT molecular complexity index is 487. The van der Waals surface area contributed by atoms with E-state index >= 15 is 0 Å². The van der Waals surface area contributed by atoms with E-state index in [-0.39, 0.29) is 11.7 Å². The lowest BCUT2D eigenvalue weighted by Crippen LogP contribution is -2.25. The van der Waals surface area contributed by atoms with Gasteiger partial charge in [-0.2, -0.15) is 0 Å². The van der Waals surface area contributed by atoms with Crippen LogP contribution in [0.15, 0.2) is 18.2 Å². The number of nitrogen functional groups attached to an aromatic ring is 1. The number of benzene rings is 1. The fraction of sp³-hybridized carbons (Fsp3) is 0.588. The lowest BCUT2D eigenvalue weighted by atomic mass is 9.96. The molecule has 3 nitrogen and oxygen atoms in total. The van der Waals surface area contributed by atoms with Gasteiger partial charge >= 0.3 is 0 Å². The molecule has 0 aliphatic carbocycles. The van der Waals surface area contributed by atoms with Gasteiger partial charge in [-0.25, -0.2) is 4.39 Å². The summed E-state index contributed by atoms with van der Waals surface area (Å²) in [6, 6.07) is 4.87. The van der Waals surface area contributed by atoms with E-state index in [9.17, 15) is 4.39 Å². The van der Waals surface area contributed by atoms with Crippen LogP contribution in [0.2, 0.25) is 0 Å². The number of nitrogens with two attached hydrogens (primary N) is 1. The van der Waals surface area contributed by atoms with Crippen LogP contribution < -0.4 is 5.73 Å². The molecule has 0 spiro atoms. The van der Waals surface area contributed by atoms with Crippen molar-refractivity contribution in [3.05, 3.63) is 35.1 Å². The predicted molar refractivity (Wildman–Crippen MR) is 84.9 cm³/mol. The van der Waals surface area contributed by atoms with Crippen LogP contribution in [0, 0.1) is 17.1 Å². The zero-order valence-corrected chi connectivity index (χ0v) is 12.9. The van der Waals surface area contributed by atoms with Gasteiger partial charge in [0.2, 0.25) is 0 Å². The van der Waals surface area contributed by atoms with Gasteiger partial charge in [0.1, 0.15) is 11.7 Å². The van der Waals surface area contributed by atoms with E-state index in [0.29, 0.717) is 17.7 Å². The van der Waals surface area contributed by atoms with E-state index in [4.69, 9.17) is 11.1 Å². The van der Waals surface area contributed by atoms with Gasteiger partial charge in [0.05, 0.1) is 0 Å². The minimum absolute atomic E-state index is 0.0855. The van der Waals surface area contributed by atoms with Gasteiger partial charge < -0.3 is 5.73 Å². The molecular formula is C17H26FN3. The lowest BCUT2D eigenvalue weighted by molar-refractivity contribution is 0.267. The molecule has 1 atom stereocenters. The second-order valence-corrected chi connectivity index (χ2v) is 6.08. The molecule has 1 aromatic rings. The number of hydrogen-bond acceptors (Lipinski definition) is 2. The van der Waals surface area contributed by atoms with E-state index < -0.39 is 0 Å². The highest BCUT2D eigenvalue weighted by molar-refractivity contribution is 5.94. The zero-order chi connectivity index (χ0) is 15.2. The molecule has 0 bridgehead atoms. The number of nitrogens with zero attached hydrogens (tertiary/aromatic N) is 1. The summed E-state index contributed by atoms with van der Waals surface area (Å²) in [6.07, 6.45) is 6.30. The fourth-order valence-electron chi connectivity index (χ4n) is 3.16. The number of nitrogens with one attached hydrogen (secondary N) is 1. The highest BCUT2D eigenvalue weighted by Crippen LogP contribution is 2.23. The molecule has 21 heavy (non-hydrogen) atoms. The first kappa shape index (κ1) is 16.0. The van der Waals surface area contributed by atoms with E-state index in [1.165, 1.54) is 38.2 Å². The first-order valence-corrected chi connectivity index (χ1v) is 7.95. The summed E-state index contributed by atoms with van der Waals surface area (Å²) in [7, 11) is 0. The van der Waals surface area contributed by atoms with E-state index in [1.54, 1.807) is 12.1 Å². The molecule has 1 heterocycles. The predicted octanol–water partition coefficient (Wildman–Crippen LogP) is 3.51. The Morgan fingerprint density at radius 3 is 2.86 bits per heavy atom. The summed E-state index contributed by atoms with van der Waals surface area (Å²) in [4.78, 5) is 2.35. The molecule has 0 saturated carbocycles. The quantitative estimate of drug-likeness (QED) is 0.644. The van der Waals surface area contributed by atoms with E-state index in [1.807, 2.05) is 0 Å². The molecule has 0 radical (unpaired) electrons. The second-order valence-electron chi connectivity index (χ2n) is 6.08. The van der Waals surface area contributed by atoms with Crippen molar-refractivity contribution in [3.63, 3.8) is 0 Å². The van der Waals surface area contributed by atoms with Gasteiger partial charge in [0.15, 0.2) is 0 Å². The van der Waals surface area contributed by atoms with Crippen LogP contribution in [0.5, 0.6) is 0 Å². The second kappa shape index (κ2) is 7.55. The topological polar surface area (TPSA) is 53.1 Å². The molecule has 1 unspecified atom stereocenters. The van der Waals surface area contributed by atoms with Gasteiger partial charge in [0.25, 0.3) is 0 Å². The van der Waals surface area contributed by atoms with Gasteiger partial charge in [-0.05, 0) is 44.3 Å². The van der Waals surface area contributed by atoms with Crippen molar-refractivity contribution in [2.75, 3.05) is 13.1 Å². The zero-order valence-electron chi connectivity index (χ0n) is 12.9. The van der Waals surface area contributed by atoms with Gasteiger partial charge in [-0.1, -0.05) is 31.9 Å². The summed E-state index contributed by atoms with van der Waals surface area (Å²) in [5.74, 6) is 0.500. The standard InChI is InChI=1S/C17H26FN3/c1-2-4-13-5-3-9-21(10-8-13)12-15-7-6-14(17(19)20)11-16(15)18/h6-7,11,13H,2-5,8-10,12H2,1H3,(H3,19,20). The Hall–Kier alpha value is -1.42. The molecule has 0 amide bonds. The van der Waals surface area contributed by atoms with Crippen LogP contribution in [-0.2, 0) is 6.54 Å². The molecule has 2 rings (SSSR count). The number of halogens is 1. The van der Waals surface area contributed by atoms with Crippen LogP contribution in [0.4, 0.5) is 4.39 Å². The number of amidine groups is 1. The molecule has 3 N–H and O–H groups in total. The van der Waals surface area contributed by atoms with E-state index in [2.05, 4.69) is 11.8 Å². The van der Waals surface area contributed by atoms with Crippen LogP contribution in [0.25, 0.3) is 0 Å². The van der Waals surface area contributed by atoms with Crippen LogP contribution in [0.1, 0.15) is 50.2 Å². The minimum atomic E-state index is -0.253. The molecule has 1 aliphatic rings. The molecule has 4 heteroatoms.